The molecule has 6 nitrogen and oxygen atoms in total. The number of ether oxygens (including phenoxy) is 1. The Balaban J connectivity index is 1.77. The third kappa shape index (κ3) is 5.11. The van der Waals surface area contributed by atoms with E-state index in [2.05, 4.69) is 15.6 Å². The first-order chi connectivity index (χ1) is 13.6. The second-order valence-electron chi connectivity index (χ2n) is 5.81. The maximum Gasteiger partial charge on any atom is 0.256 e. The van der Waals surface area contributed by atoms with Crippen LogP contribution in [-0.4, -0.2) is 23.9 Å². The standard InChI is InChI=1S/C20H19N3O3S2/c1-13(24)22-17-9-14(7-8-18(17)26-2)23-20(25)16-5-3-4-6-19(16)28-11-15-10-27-12-21-15/h3-10,12H,11H2,1-2H3,(H,22,24)(H,23,25). The summed E-state index contributed by atoms with van der Waals surface area (Å²) in [7, 11) is 1.52. The number of rotatable bonds is 7. The minimum atomic E-state index is -0.222. The van der Waals surface area contributed by atoms with Crippen molar-refractivity contribution < 1.29 is 14.3 Å². The van der Waals surface area contributed by atoms with Gasteiger partial charge in [-0.3, -0.25) is 9.59 Å². The zero-order chi connectivity index (χ0) is 19.9. The first-order valence-corrected chi connectivity index (χ1v) is 10.4. The average molecular weight is 414 g/mol. The molecular formula is C20H19N3O3S2. The van der Waals surface area contributed by atoms with Crippen LogP contribution in [0.4, 0.5) is 11.4 Å². The van der Waals surface area contributed by atoms with E-state index in [9.17, 15) is 9.59 Å². The monoisotopic (exact) mass is 413 g/mol. The lowest BCUT2D eigenvalue weighted by atomic mass is 10.2. The van der Waals surface area contributed by atoms with Crippen LogP contribution in [0.3, 0.4) is 0 Å². The van der Waals surface area contributed by atoms with Crippen molar-refractivity contribution in [3.63, 3.8) is 0 Å². The largest absolute Gasteiger partial charge is 0.495 e. The molecule has 0 unspecified atom stereocenters. The van der Waals surface area contributed by atoms with Crippen LogP contribution < -0.4 is 15.4 Å². The Morgan fingerprint density at radius 1 is 1.18 bits per heavy atom. The number of carbonyl (C=O) groups excluding carboxylic acids is 2. The van der Waals surface area contributed by atoms with Crippen molar-refractivity contribution in [2.45, 2.75) is 17.6 Å². The van der Waals surface area contributed by atoms with Crippen molar-refractivity contribution in [1.29, 1.82) is 0 Å². The van der Waals surface area contributed by atoms with E-state index in [1.54, 1.807) is 52.9 Å². The summed E-state index contributed by atoms with van der Waals surface area (Å²) >= 11 is 3.12. The minimum Gasteiger partial charge on any atom is -0.495 e. The van der Waals surface area contributed by atoms with Gasteiger partial charge in [0.2, 0.25) is 5.91 Å². The smallest absolute Gasteiger partial charge is 0.256 e. The molecule has 8 heteroatoms. The zero-order valence-electron chi connectivity index (χ0n) is 15.4. The number of anilines is 2. The van der Waals surface area contributed by atoms with Crippen LogP contribution in [0.25, 0.3) is 0 Å². The van der Waals surface area contributed by atoms with E-state index in [0.717, 1.165) is 10.6 Å². The van der Waals surface area contributed by atoms with Crippen molar-refractivity contribution >= 4 is 46.3 Å². The fraction of sp³-hybridized carbons (Fsp3) is 0.150. The van der Waals surface area contributed by atoms with Gasteiger partial charge in [0.1, 0.15) is 5.75 Å². The summed E-state index contributed by atoms with van der Waals surface area (Å²) in [5.41, 5.74) is 4.43. The number of methoxy groups -OCH3 is 1. The summed E-state index contributed by atoms with van der Waals surface area (Å²) in [4.78, 5) is 29.4. The van der Waals surface area contributed by atoms with Crippen LogP contribution in [-0.2, 0) is 10.5 Å². The van der Waals surface area contributed by atoms with E-state index in [1.807, 2.05) is 23.6 Å². The number of hydrogen-bond acceptors (Lipinski definition) is 6. The van der Waals surface area contributed by atoms with E-state index >= 15 is 0 Å². The Morgan fingerprint density at radius 3 is 2.71 bits per heavy atom. The molecule has 1 heterocycles. The van der Waals surface area contributed by atoms with Gasteiger partial charge in [-0.1, -0.05) is 12.1 Å². The number of hydrogen-bond donors (Lipinski definition) is 2. The second kappa shape index (κ2) is 9.38. The van der Waals surface area contributed by atoms with Crippen LogP contribution in [0.1, 0.15) is 23.0 Å². The summed E-state index contributed by atoms with van der Waals surface area (Å²) in [6.45, 7) is 1.42. The van der Waals surface area contributed by atoms with Gasteiger partial charge in [0, 0.05) is 28.6 Å². The molecule has 0 aliphatic heterocycles. The molecule has 2 N–H and O–H groups in total. The Hall–Kier alpha value is -2.84. The quantitative estimate of drug-likeness (QED) is 0.551. The van der Waals surface area contributed by atoms with Gasteiger partial charge in [0.25, 0.3) is 5.91 Å². The number of carbonyl (C=O) groups is 2. The summed E-state index contributed by atoms with van der Waals surface area (Å²) in [5, 5.41) is 7.58. The van der Waals surface area contributed by atoms with Crippen molar-refractivity contribution in [3.8, 4) is 5.75 Å². The van der Waals surface area contributed by atoms with Crippen LogP contribution >= 0.6 is 23.1 Å². The average Bonchev–Trinajstić information content (AvgIpc) is 3.20. The molecule has 2 amide bonds. The van der Waals surface area contributed by atoms with Crippen molar-refractivity contribution in [2.24, 2.45) is 0 Å². The van der Waals surface area contributed by atoms with Gasteiger partial charge >= 0.3 is 0 Å². The summed E-state index contributed by atoms with van der Waals surface area (Å²) in [6, 6.07) is 12.5. The fourth-order valence-corrected chi connectivity index (χ4v) is 4.13. The molecule has 2 aromatic carbocycles. The van der Waals surface area contributed by atoms with E-state index in [-0.39, 0.29) is 11.8 Å². The molecule has 3 aromatic rings. The molecule has 0 atom stereocenters. The lowest BCUT2D eigenvalue weighted by Gasteiger charge is -2.13. The molecule has 0 fully saturated rings. The highest BCUT2D eigenvalue weighted by Gasteiger charge is 2.14. The van der Waals surface area contributed by atoms with Gasteiger partial charge < -0.3 is 15.4 Å². The maximum absolute atomic E-state index is 12.8. The zero-order valence-corrected chi connectivity index (χ0v) is 17.0. The summed E-state index contributed by atoms with van der Waals surface area (Å²) in [5.74, 6) is 0.779. The second-order valence-corrected chi connectivity index (χ2v) is 7.55. The van der Waals surface area contributed by atoms with Gasteiger partial charge in [-0.25, -0.2) is 4.98 Å². The van der Waals surface area contributed by atoms with Gasteiger partial charge in [0.15, 0.2) is 0 Å². The number of benzene rings is 2. The molecule has 0 saturated carbocycles. The molecule has 3 rings (SSSR count). The Kier molecular flexibility index (Phi) is 6.67. The fourth-order valence-electron chi connectivity index (χ4n) is 2.51. The Morgan fingerprint density at radius 2 is 2.00 bits per heavy atom. The van der Waals surface area contributed by atoms with Crippen molar-refractivity contribution in [1.82, 2.24) is 4.98 Å². The number of nitrogens with zero attached hydrogens (tertiary/aromatic N) is 1. The number of thiazole rings is 1. The number of amides is 2. The molecule has 0 bridgehead atoms. The number of nitrogens with one attached hydrogen (secondary N) is 2. The number of aromatic nitrogens is 1. The van der Waals surface area contributed by atoms with E-state index in [0.29, 0.717) is 28.4 Å². The first-order valence-electron chi connectivity index (χ1n) is 8.42. The van der Waals surface area contributed by atoms with Gasteiger partial charge in [-0.05, 0) is 30.3 Å². The predicted molar refractivity (Wildman–Crippen MR) is 113 cm³/mol. The Labute approximate surface area is 171 Å². The lowest BCUT2D eigenvalue weighted by molar-refractivity contribution is -0.114. The molecule has 0 aliphatic carbocycles. The van der Waals surface area contributed by atoms with Crippen LogP contribution in [0.15, 0.2) is 58.3 Å². The Bertz CT molecular complexity index is 975. The van der Waals surface area contributed by atoms with Crippen LogP contribution in [0.2, 0.25) is 0 Å². The maximum atomic E-state index is 12.8. The molecule has 0 aliphatic rings. The third-order valence-electron chi connectivity index (χ3n) is 3.76. The highest BCUT2D eigenvalue weighted by atomic mass is 32.2. The minimum absolute atomic E-state index is 0.217. The van der Waals surface area contributed by atoms with E-state index in [4.69, 9.17) is 4.74 Å². The lowest BCUT2D eigenvalue weighted by Crippen LogP contribution is -2.14. The molecule has 144 valence electrons. The topological polar surface area (TPSA) is 80.3 Å². The third-order valence-corrected chi connectivity index (χ3v) is 5.50. The van der Waals surface area contributed by atoms with Gasteiger partial charge in [-0.15, -0.1) is 23.1 Å². The normalized spacial score (nSPS) is 10.4. The van der Waals surface area contributed by atoms with Crippen LogP contribution in [0, 0.1) is 0 Å². The molecule has 0 radical (unpaired) electrons. The highest BCUT2D eigenvalue weighted by Crippen LogP contribution is 2.30. The first kappa shape index (κ1) is 19.9. The molecular weight excluding hydrogens is 394 g/mol. The highest BCUT2D eigenvalue weighted by molar-refractivity contribution is 7.98. The van der Waals surface area contributed by atoms with E-state index < -0.39 is 0 Å². The van der Waals surface area contributed by atoms with Crippen molar-refractivity contribution in [3.05, 3.63) is 64.6 Å². The van der Waals surface area contributed by atoms with Gasteiger partial charge in [-0.2, -0.15) is 0 Å². The molecule has 1 aromatic heterocycles. The van der Waals surface area contributed by atoms with Crippen LogP contribution in [0.5, 0.6) is 5.75 Å². The summed E-state index contributed by atoms with van der Waals surface area (Å²) < 4.78 is 5.24. The number of thioether (sulfide) groups is 1. The van der Waals surface area contributed by atoms with Crippen molar-refractivity contribution in [2.75, 3.05) is 17.7 Å². The van der Waals surface area contributed by atoms with E-state index in [1.165, 1.54) is 14.0 Å². The predicted octanol–water partition coefficient (Wildman–Crippen LogP) is 4.65. The van der Waals surface area contributed by atoms with Gasteiger partial charge in [0.05, 0.1) is 29.6 Å². The summed E-state index contributed by atoms with van der Waals surface area (Å²) in [6.07, 6.45) is 0. The molecule has 0 saturated heterocycles. The molecule has 0 spiro atoms. The SMILES string of the molecule is COc1ccc(NC(=O)c2ccccc2SCc2cscn2)cc1NC(C)=O. The molecule has 28 heavy (non-hydrogen) atoms.